The zero-order valence-electron chi connectivity index (χ0n) is 20.3. The maximum Gasteiger partial charge on any atom is 0.407 e. The van der Waals surface area contributed by atoms with Crippen LogP contribution in [0, 0.1) is 11.8 Å². The minimum absolute atomic E-state index is 0.198. The Kier molecular flexibility index (Phi) is 9.79. The highest BCUT2D eigenvalue weighted by molar-refractivity contribution is 5.88. The van der Waals surface area contributed by atoms with E-state index < -0.39 is 12.2 Å². The summed E-state index contributed by atoms with van der Waals surface area (Å²) in [5, 5.41) is 14.8. The monoisotopic (exact) mass is 445 g/mol. The Balaban J connectivity index is 2.14. The third-order valence-electron chi connectivity index (χ3n) is 5.41. The summed E-state index contributed by atoms with van der Waals surface area (Å²) in [6, 6.07) is 12.5. The molecule has 0 aliphatic heterocycles. The fourth-order valence-corrected chi connectivity index (χ4v) is 3.66. The summed E-state index contributed by atoms with van der Waals surface area (Å²) in [7, 11) is 1.66. The van der Waals surface area contributed by atoms with Crippen LogP contribution in [-0.2, 0) is 15.9 Å². The molecule has 0 saturated heterocycles. The number of ether oxygens (including phenoxy) is 3. The Morgan fingerprint density at radius 2 is 1.88 bits per heavy atom. The lowest BCUT2D eigenvalue weighted by Crippen LogP contribution is -2.43. The molecule has 0 spiro atoms. The topological polar surface area (TPSA) is 77.0 Å². The molecule has 2 atom stereocenters. The molecule has 0 fully saturated rings. The van der Waals surface area contributed by atoms with E-state index >= 15 is 0 Å². The second kappa shape index (κ2) is 12.1. The molecule has 0 bridgehead atoms. The normalized spacial score (nSPS) is 13.8. The van der Waals surface area contributed by atoms with Gasteiger partial charge in [-0.25, -0.2) is 4.79 Å². The molecule has 0 radical (unpaired) electrons. The second-order valence-corrected chi connectivity index (χ2v) is 9.68. The predicted molar refractivity (Wildman–Crippen MR) is 128 cm³/mol. The number of aliphatic hydroxyl groups is 1. The first-order valence-corrected chi connectivity index (χ1v) is 11.4. The van der Waals surface area contributed by atoms with Gasteiger partial charge in [-0.3, -0.25) is 0 Å². The van der Waals surface area contributed by atoms with Gasteiger partial charge in [0.2, 0.25) is 0 Å². The zero-order chi connectivity index (χ0) is 23.7. The van der Waals surface area contributed by atoms with Crippen molar-refractivity contribution >= 4 is 16.9 Å². The van der Waals surface area contributed by atoms with Crippen LogP contribution in [0.15, 0.2) is 36.4 Å². The fraction of sp³-hybridized carbons (Fsp3) is 0.577. The van der Waals surface area contributed by atoms with Crippen LogP contribution in [0.4, 0.5) is 4.79 Å². The third-order valence-corrected chi connectivity index (χ3v) is 5.41. The highest BCUT2D eigenvalue weighted by Gasteiger charge is 2.24. The van der Waals surface area contributed by atoms with E-state index in [1.54, 1.807) is 7.11 Å². The molecule has 6 nitrogen and oxygen atoms in total. The highest BCUT2D eigenvalue weighted by Crippen LogP contribution is 2.30. The van der Waals surface area contributed by atoms with Crippen molar-refractivity contribution in [3.63, 3.8) is 0 Å². The van der Waals surface area contributed by atoms with Gasteiger partial charge in [0.25, 0.3) is 0 Å². The molecule has 2 N–H and O–H groups in total. The Hall–Kier alpha value is -2.31. The van der Waals surface area contributed by atoms with Crippen LogP contribution in [0.5, 0.6) is 5.75 Å². The van der Waals surface area contributed by atoms with Crippen LogP contribution < -0.4 is 10.1 Å². The van der Waals surface area contributed by atoms with Crippen LogP contribution in [0.2, 0.25) is 0 Å². The number of alkyl carbamates (subject to hydrolysis) is 1. The number of nitrogens with one attached hydrogen (secondary N) is 1. The summed E-state index contributed by atoms with van der Waals surface area (Å²) >= 11 is 0. The lowest BCUT2D eigenvalue weighted by atomic mass is 9.84. The van der Waals surface area contributed by atoms with Crippen molar-refractivity contribution in [3.8, 4) is 5.75 Å². The average molecular weight is 446 g/mol. The van der Waals surface area contributed by atoms with Crippen LogP contribution >= 0.6 is 0 Å². The fourth-order valence-electron chi connectivity index (χ4n) is 3.66. The smallest absolute Gasteiger partial charge is 0.407 e. The molecule has 0 saturated carbocycles. The molecule has 2 unspecified atom stereocenters. The summed E-state index contributed by atoms with van der Waals surface area (Å²) in [5.41, 5.74) is 0.803. The molecule has 6 heteroatoms. The van der Waals surface area contributed by atoms with Gasteiger partial charge in [0.15, 0.2) is 0 Å². The van der Waals surface area contributed by atoms with Gasteiger partial charge >= 0.3 is 6.09 Å². The van der Waals surface area contributed by atoms with E-state index in [1.165, 1.54) is 5.56 Å². The van der Waals surface area contributed by atoms with Crippen molar-refractivity contribution in [2.75, 3.05) is 26.9 Å². The van der Waals surface area contributed by atoms with E-state index in [1.807, 2.05) is 32.9 Å². The molecule has 0 aliphatic rings. The van der Waals surface area contributed by atoms with Gasteiger partial charge in [-0.2, -0.15) is 0 Å². The lowest BCUT2D eigenvalue weighted by molar-refractivity contribution is 0.0350. The van der Waals surface area contributed by atoms with E-state index in [0.717, 1.165) is 22.9 Å². The van der Waals surface area contributed by atoms with Crippen molar-refractivity contribution in [2.45, 2.75) is 59.1 Å². The van der Waals surface area contributed by atoms with Gasteiger partial charge in [-0.05, 0) is 68.5 Å². The largest absolute Gasteiger partial charge is 0.491 e. The van der Waals surface area contributed by atoms with E-state index in [9.17, 15) is 9.90 Å². The summed E-state index contributed by atoms with van der Waals surface area (Å²) in [6.07, 6.45) is 0.372. The second-order valence-electron chi connectivity index (χ2n) is 9.68. The Bertz CT molecular complexity index is 859. The number of hydrogen-bond donors (Lipinski definition) is 2. The molecule has 2 aromatic rings. The van der Waals surface area contributed by atoms with E-state index in [2.05, 4.69) is 43.4 Å². The van der Waals surface area contributed by atoms with Crippen LogP contribution in [0.3, 0.4) is 0 Å². The van der Waals surface area contributed by atoms with Gasteiger partial charge in [-0.1, -0.05) is 38.1 Å². The van der Waals surface area contributed by atoms with Gasteiger partial charge in [0.05, 0.1) is 13.2 Å². The minimum Gasteiger partial charge on any atom is -0.491 e. The number of hydrogen-bond acceptors (Lipinski definition) is 5. The van der Waals surface area contributed by atoms with Crippen LogP contribution in [0.1, 0.15) is 46.6 Å². The zero-order valence-corrected chi connectivity index (χ0v) is 20.3. The molecular weight excluding hydrogens is 406 g/mol. The van der Waals surface area contributed by atoms with Crippen LogP contribution in [0.25, 0.3) is 10.8 Å². The number of fused-ring (bicyclic) bond motifs is 1. The summed E-state index contributed by atoms with van der Waals surface area (Å²) in [5.74, 6) is 1.45. The van der Waals surface area contributed by atoms with Crippen molar-refractivity contribution < 1.29 is 24.1 Å². The van der Waals surface area contributed by atoms with Gasteiger partial charge in [0, 0.05) is 18.0 Å². The molecule has 0 heterocycles. The van der Waals surface area contributed by atoms with Crippen molar-refractivity contribution in [2.24, 2.45) is 11.8 Å². The number of aliphatic hydroxyl groups excluding tert-OH is 1. The molecule has 0 aliphatic carbocycles. The van der Waals surface area contributed by atoms with Gasteiger partial charge in [0.1, 0.15) is 18.5 Å². The molecular formula is C26H39NO5. The number of methoxy groups -OCH3 is 1. The Morgan fingerprint density at radius 1 is 1.12 bits per heavy atom. The number of carbonyl (C=O) groups excluding carboxylic acids is 1. The highest BCUT2D eigenvalue weighted by atomic mass is 16.6. The number of rotatable bonds is 11. The minimum atomic E-state index is -0.543. The summed E-state index contributed by atoms with van der Waals surface area (Å²) < 4.78 is 16.5. The molecule has 0 aromatic heterocycles. The van der Waals surface area contributed by atoms with E-state index in [4.69, 9.17) is 14.2 Å². The maximum absolute atomic E-state index is 12.2. The van der Waals surface area contributed by atoms with E-state index in [0.29, 0.717) is 25.6 Å². The Labute approximate surface area is 192 Å². The molecule has 2 aromatic carbocycles. The molecule has 32 heavy (non-hydrogen) atoms. The maximum atomic E-state index is 12.2. The Morgan fingerprint density at radius 3 is 2.50 bits per heavy atom. The first-order valence-electron chi connectivity index (χ1n) is 11.4. The molecule has 1 amide bonds. The first kappa shape index (κ1) is 25.9. The van der Waals surface area contributed by atoms with Crippen molar-refractivity contribution in [3.05, 3.63) is 42.0 Å². The summed E-state index contributed by atoms with van der Waals surface area (Å²) in [4.78, 5) is 12.2. The first-order chi connectivity index (χ1) is 15.1. The SMILES string of the molecule is COCCOc1cccc2ccc(CC(CC(CO)OC(=O)NC(C)(C)C)C(C)C)cc12. The van der Waals surface area contributed by atoms with Crippen molar-refractivity contribution in [1.82, 2.24) is 5.32 Å². The van der Waals surface area contributed by atoms with Gasteiger partial charge < -0.3 is 24.6 Å². The number of carbonyl (C=O) groups is 1. The lowest BCUT2D eigenvalue weighted by Gasteiger charge is -2.27. The third kappa shape index (κ3) is 8.32. The number of benzene rings is 2. The average Bonchev–Trinajstić information content (AvgIpc) is 2.71. The number of amides is 1. The predicted octanol–water partition coefficient (Wildman–Crippen LogP) is 4.96. The van der Waals surface area contributed by atoms with E-state index in [-0.39, 0.29) is 18.1 Å². The molecule has 178 valence electrons. The molecule has 2 rings (SSSR count). The summed E-state index contributed by atoms with van der Waals surface area (Å²) in [6.45, 7) is 10.8. The van der Waals surface area contributed by atoms with Crippen LogP contribution in [-0.4, -0.2) is 49.8 Å². The quantitative estimate of drug-likeness (QED) is 0.478. The van der Waals surface area contributed by atoms with Crippen molar-refractivity contribution in [1.29, 1.82) is 0 Å². The van der Waals surface area contributed by atoms with Gasteiger partial charge in [-0.15, -0.1) is 0 Å². The standard InChI is InChI=1S/C26H39NO5/c1-18(2)21(16-22(17-28)32-25(29)27-26(3,4)5)14-19-10-11-20-8-7-9-24(23(20)15-19)31-13-12-30-6/h7-11,15,18,21-22,28H,12-14,16-17H2,1-6H3,(H,27,29).